The molecule has 0 aliphatic heterocycles. The Morgan fingerprint density at radius 2 is 2.20 bits per heavy atom. The predicted molar refractivity (Wildman–Crippen MR) is 36.0 cm³/mol. The minimum atomic E-state index is -2.80. The first-order chi connectivity index (χ1) is 4.54. The molecule has 0 saturated carbocycles. The second-order valence-corrected chi connectivity index (χ2v) is 3.15. The van der Waals surface area contributed by atoms with E-state index in [1.807, 2.05) is 13.8 Å². The van der Waals surface area contributed by atoms with E-state index in [0.29, 0.717) is 0 Å². The Morgan fingerprint density at radius 3 is 2.50 bits per heavy atom. The zero-order valence-corrected chi connectivity index (χ0v) is 6.80. The van der Waals surface area contributed by atoms with Crippen LogP contribution < -0.4 is 0 Å². The zero-order valence-electron chi connectivity index (χ0n) is 5.90. The largest absolute Gasteiger partial charge is 0.633 e. The van der Waals surface area contributed by atoms with Crippen molar-refractivity contribution >= 4 is 13.7 Å². The lowest BCUT2D eigenvalue weighted by atomic mass is 10.2. The Labute approximate surface area is 60.1 Å². The Morgan fingerprint density at radius 1 is 1.70 bits per heavy atom. The first kappa shape index (κ1) is 9.53. The quantitative estimate of drug-likeness (QED) is 0.644. The Kier molecular flexibility index (Phi) is 4.16. The third kappa shape index (κ3) is 4.41. The summed E-state index contributed by atoms with van der Waals surface area (Å²) in [6, 6.07) is 0. The van der Waals surface area contributed by atoms with E-state index in [4.69, 9.17) is 4.89 Å². The van der Waals surface area contributed by atoms with Crippen molar-refractivity contribution in [2.75, 3.05) is 6.61 Å². The molecule has 0 spiro atoms. The summed E-state index contributed by atoms with van der Waals surface area (Å²) in [6.45, 7) is 3.88. The second kappa shape index (κ2) is 4.36. The number of rotatable bonds is 3. The van der Waals surface area contributed by atoms with Crippen molar-refractivity contribution in [1.82, 2.24) is 0 Å². The molecule has 0 rings (SSSR count). The molecule has 0 radical (unpaired) electrons. The van der Waals surface area contributed by atoms with Crippen molar-refractivity contribution in [1.29, 1.82) is 0 Å². The smallest absolute Gasteiger partial charge is 0.425 e. The summed E-state index contributed by atoms with van der Waals surface area (Å²) in [5.41, 5.74) is -1.04. The molecule has 0 saturated heterocycles. The fourth-order valence-corrected chi connectivity index (χ4v) is 0.478. The molecular weight excluding hydrogens is 155 g/mol. The van der Waals surface area contributed by atoms with Gasteiger partial charge in [-0.25, -0.2) is 0 Å². The van der Waals surface area contributed by atoms with E-state index >= 15 is 0 Å². The summed E-state index contributed by atoms with van der Waals surface area (Å²) in [6.07, 6.45) is 0. The SMILES string of the molecule is CC(C)COC(=O)[P+](=O)O. The molecule has 5 heteroatoms. The standard InChI is InChI=1S/C5H9O4P/c1-4(2)3-9-5(6)10(7)8/h4H,3H2,1-2H3/p+1. The maximum absolute atomic E-state index is 10.3. The Hall–Kier alpha value is -0.470. The highest BCUT2D eigenvalue weighted by Gasteiger charge is 2.28. The number of hydrogen-bond donors (Lipinski definition) is 1. The maximum atomic E-state index is 10.3. The second-order valence-electron chi connectivity index (χ2n) is 2.24. The summed E-state index contributed by atoms with van der Waals surface area (Å²) in [4.78, 5) is 18.5. The molecule has 0 heterocycles. The van der Waals surface area contributed by atoms with Crippen LogP contribution >= 0.6 is 8.03 Å². The molecule has 1 unspecified atom stereocenters. The van der Waals surface area contributed by atoms with E-state index in [9.17, 15) is 9.36 Å². The van der Waals surface area contributed by atoms with Crippen LogP contribution in [0.15, 0.2) is 0 Å². The molecule has 0 fully saturated rings. The molecule has 1 atom stereocenters. The summed E-state index contributed by atoms with van der Waals surface area (Å²) in [5, 5.41) is 0. The number of hydrogen-bond acceptors (Lipinski definition) is 3. The highest BCUT2D eigenvalue weighted by Crippen LogP contribution is 2.16. The van der Waals surface area contributed by atoms with Crippen LogP contribution in [0.1, 0.15) is 13.8 Å². The summed E-state index contributed by atoms with van der Waals surface area (Å²) in [5.74, 6) is 0.193. The van der Waals surface area contributed by atoms with Crippen LogP contribution in [0.2, 0.25) is 0 Å². The van der Waals surface area contributed by atoms with Gasteiger partial charge in [-0.1, -0.05) is 13.8 Å². The first-order valence-electron chi connectivity index (χ1n) is 2.87. The van der Waals surface area contributed by atoms with E-state index in [1.54, 1.807) is 0 Å². The van der Waals surface area contributed by atoms with Gasteiger partial charge in [0.05, 0.1) is 6.61 Å². The third-order valence-corrected chi connectivity index (χ3v) is 1.14. The number of carbonyl (C=O) groups is 1. The topological polar surface area (TPSA) is 63.6 Å². The average molecular weight is 165 g/mol. The average Bonchev–Trinajstić information content (AvgIpc) is 1.82. The van der Waals surface area contributed by atoms with E-state index < -0.39 is 13.7 Å². The summed E-state index contributed by atoms with van der Waals surface area (Å²) < 4.78 is 14.4. The van der Waals surface area contributed by atoms with Crippen molar-refractivity contribution in [3.05, 3.63) is 0 Å². The number of ether oxygens (including phenoxy) is 1. The van der Waals surface area contributed by atoms with Gasteiger partial charge >= 0.3 is 13.7 Å². The fourth-order valence-electron chi connectivity index (χ4n) is 0.293. The van der Waals surface area contributed by atoms with Crippen LogP contribution in [-0.4, -0.2) is 17.2 Å². The van der Waals surface area contributed by atoms with Gasteiger partial charge < -0.3 is 4.74 Å². The van der Waals surface area contributed by atoms with Crippen molar-refractivity contribution < 1.29 is 19.0 Å². The molecule has 4 nitrogen and oxygen atoms in total. The molecule has 58 valence electrons. The monoisotopic (exact) mass is 165 g/mol. The molecular formula is C5H10O4P+. The summed E-state index contributed by atoms with van der Waals surface area (Å²) in [7, 11) is -2.80. The van der Waals surface area contributed by atoms with Crippen LogP contribution in [0.4, 0.5) is 4.79 Å². The van der Waals surface area contributed by atoms with Gasteiger partial charge in [0.25, 0.3) is 0 Å². The van der Waals surface area contributed by atoms with Crippen molar-refractivity contribution in [3.8, 4) is 0 Å². The highest BCUT2D eigenvalue weighted by molar-refractivity contribution is 7.57. The number of carbonyl (C=O) groups excluding carboxylic acids is 1. The molecule has 10 heavy (non-hydrogen) atoms. The van der Waals surface area contributed by atoms with Gasteiger partial charge in [0.15, 0.2) is 0 Å². The Balaban J connectivity index is 3.50. The molecule has 0 aromatic rings. The lowest BCUT2D eigenvalue weighted by Gasteiger charge is -1.98. The third-order valence-electron chi connectivity index (χ3n) is 0.696. The van der Waals surface area contributed by atoms with Gasteiger partial charge in [0.2, 0.25) is 0 Å². The molecule has 0 aromatic carbocycles. The predicted octanol–water partition coefficient (Wildman–Crippen LogP) is 1.51. The van der Waals surface area contributed by atoms with E-state index in [-0.39, 0.29) is 12.5 Å². The van der Waals surface area contributed by atoms with Gasteiger partial charge in [-0.2, -0.15) is 9.69 Å². The van der Waals surface area contributed by atoms with Gasteiger partial charge in [0, 0.05) is 0 Å². The highest BCUT2D eigenvalue weighted by atomic mass is 31.1. The first-order valence-corrected chi connectivity index (χ1v) is 4.08. The minimum Gasteiger partial charge on any atom is -0.425 e. The van der Waals surface area contributed by atoms with Crippen molar-refractivity contribution in [2.24, 2.45) is 5.92 Å². The normalized spacial score (nSPS) is 11.4. The van der Waals surface area contributed by atoms with Crippen molar-refractivity contribution in [3.63, 3.8) is 0 Å². The fraction of sp³-hybridized carbons (Fsp3) is 0.800. The Bertz CT molecular complexity index is 143. The zero-order chi connectivity index (χ0) is 8.15. The summed E-state index contributed by atoms with van der Waals surface area (Å²) >= 11 is 0. The van der Waals surface area contributed by atoms with E-state index in [1.165, 1.54) is 0 Å². The van der Waals surface area contributed by atoms with Crippen LogP contribution in [0.3, 0.4) is 0 Å². The van der Waals surface area contributed by atoms with E-state index in [0.717, 1.165) is 0 Å². The van der Waals surface area contributed by atoms with Crippen LogP contribution in [0.5, 0.6) is 0 Å². The molecule has 0 bridgehead atoms. The van der Waals surface area contributed by atoms with Gasteiger partial charge in [-0.05, 0) is 10.5 Å². The molecule has 0 aliphatic carbocycles. The molecule has 1 N–H and O–H groups in total. The van der Waals surface area contributed by atoms with Gasteiger partial charge in [0.1, 0.15) is 0 Å². The van der Waals surface area contributed by atoms with Crippen molar-refractivity contribution in [2.45, 2.75) is 13.8 Å². The van der Waals surface area contributed by atoms with Crippen LogP contribution in [0.25, 0.3) is 0 Å². The minimum absolute atomic E-state index is 0.193. The van der Waals surface area contributed by atoms with Gasteiger partial charge in [-0.3, -0.25) is 0 Å². The maximum Gasteiger partial charge on any atom is 0.633 e. The van der Waals surface area contributed by atoms with Gasteiger partial charge in [-0.15, -0.1) is 0 Å². The van der Waals surface area contributed by atoms with Crippen LogP contribution in [0, 0.1) is 5.92 Å². The lowest BCUT2D eigenvalue weighted by molar-refractivity contribution is 0.156. The van der Waals surface area contributed by atoms with Crippen LogP contribution in [-0.2, 0) is 9.30 Å². The lowest BCUT2D eigenvalue weighted by Crippen LogP contribution is -2.04. The molecule has 0 aromatic heterocycles. The molecule has 0 amide bonds. The molecule has 0 aliphatic rings. The van der Waals surface area contributed by atoms with E-state index in [2.05, 4.69) is 4.74 Å².